The van der Waals surface area contributed by atoms with Crippen LogP contribution in [-0.2, 0) is 10.0 Å². The number of nitro benzene ring substituents is 1. The summed E-state index contributed by atoms with van der Waals surface area (Å²) in [5, 5.41) is 10.8. The van der Waals surface area contributed by atoms with Crippen LogP contribution in [0.3, 0.4) is 0 Å². The molecule has 3 aromatic rings. The van der Waals surface area contributed by atoms with Crippen molar-refractivity contribution < 1.29 is 18.1 Å². The summed E-state index contributed by atoms with van der Waals surface area (Å²) < 4.78 is 34.6. The topological polar surface area (TPSA) is 98.5 Å². The second-order valence-corrected chi connectivity index (χ2v) is 8.15. The van der Waals surface area contributed by atoms with Gasteiger partial charge in [0.05, 0.1) is 15.9 Å². The molecule has 0 unspecified atom stereocenters. The molecule has 1 atom stereocenters. The van der Waals surface area contributed by atoms with Gasteiger partial charge in [-0.2, -0.15) is 4.72 Å². The van der Waals surface area contributed by atoms with Gasteiger partial charge in [-0.3, -0.25) is 10.1 Å². The smallest absolute Gasteiger partial charge is 0.269 e. The molecule has 0 fully saturated rings. The van der Waals surface area contributed by atoms with Gasteiger partial charge < -0.3 is 4.74 Å². The maximum absolute atomic E-state index is 13.0. The number of ether oxygens (including phenoxy) is 1. The van der Waals surface area contributed by atoms with Crippen LogP contribution in [0.1, 0.15) is 22.7 Å². The zero-order valence-corrected chi connectivity index (χ0v) is 15.6. The first-order valence-electron chi connectivity index (χ1n) is 8.50. The SMILES string of the molecule is Cc1cccc2c1Oc1ccccc1[C@H]2NS(=O)(=O)c1ccc([N+](=O)[O-])cc1. The molecule has 3 aromatic carbocycles. The third kappa shape index (κ3) is 3.12. The Kier molecular flexibility index (Phi) is 4.37. The lowest BCUT2D eigenvalue weighted by Crippen LogP contribution is -2.31. The summed E-state index contributed by atoms with van der Waals surface area (Å²) >= 11 is 0. The van der Waals surface area contributed by atoms with E-state index in [1.165, 1.54) is 24.3 Å². The van der Waals surface area contributed by atoms with Crippen molar-refractivity contribution in [2.75, 3.05) is 0 Å². The molecule has 0 spiro atoms. The number of hydrogen-bond acceptors (Lipinski definition) is 5. The van der Waals surface area contributed by atoms with Crippen molar-refractivity contribution in [3.8, 4) is 11.5 Å². The van der Waals surface area contributed by atoms with Crippen LogP contribution in [0.15, 0.2) is 71.6 Å². The van der Waals surface area contributed by atoms with Crippen molar-refractivity contribution in [2.24, 2.45) is 0 Å². The van der Waals surface area contributed by atoms with Gasteiger partial charge in [-0.15, -0.1) is 0 Å². The van der Waals surface area contributed by atoms with Crippen LogP contribution in [0.4, 0.5) is 5.69 Å². The number of nitrogens with zero attached hydrogens (tertiary/aromatic N) is 1. The first-order valence-corrected chi connectivity index (χ1v) is 9.98. The molecule has 0 saturated heterocycles. The Morgan fingerprint density at radius 1 is 0.964 bits per heavy atom. The van der Waals surface area contributed by atoms with E-state index in [1.54, 1.807) is 6.07 Å². The van der Waals surface area contributed by atoms with Crippen molar-refractivity contribution in [1.82, 2.24) is 4.72 Å². The Balaban J connectivity index is 1.77. The molecule has 0 radical (unpaired) electrons. The number of hydrogen-bond donors (Lipinski definition) is 1. The van der Waals surface area contributed by atoms with Crippen LogP contribution in [0.2, 0.25) is 0 Å². The molecule has 0 saturated carbocycles. The average Bonchev–Trinajstić information content (AvgIpc) is 2.68. The molecule has 0 bridgehead atoms. The molecule has 142 valence electrons. The van der Waals surface area contributed by atoms with Crippen molar-refractivity contribution in [1.29, 1.82) is 0 Å². The van der Waals surface area contributed by atoms with E-state index < -0.39 is 21.0 Å². The monoisotopic (exact) mass is 396 g/mol. The van der Waals surface area contributed by atoms with E-state index in [2.05, 4.69) is 4.72 Å². The predicted molar refractivity (Wildman–Crippen MR) is 103 cm³/mol. The van der Waals surface area contributed by atoms with E-state index in [-0.39, 0.29) is 10.6 Å². The summed E-state index contributed by atoms with van der Waals surface area (Å²) in [6, 6.07) is 17.0. The highest BCUT2D eigenvalue weighted by Gasteiger charge is 2.31. The summed E-state index contributed by atoms with van der Waals surface area (Å²) in [6.45, 7) is 1.90. The van der Waals surface area contributed by atoms with Gasteiger partial charge in [0.25, 0.3) is 5.69 Å². The summed E-state index contributed by atoms with van der Waals surface area (Å²) in [4.78, 5) is 10.2. The van der Waals surface area contributed by atoms with E-state index in [4.69, 9.17) is 4.74 Å². The molecule has 8 heteroatoms. The molecule has 7 nitrogen and oxygen atoms in total. The molecule has 1 aliphatic heterocycles. The Morgan fingerprint density at radius 2 is 1.64 bits per heavy atom. The van der Waals surface area contributed by atoms with Gasteiger partial charge in [-0.1, -0.05) is 36.4 Å². The van der Waals surface area contributed by atoms with E-state index in [1.807, 2.05) is 43.3 Å². The molecule has 0 aromatic heterocycles. The Morgan fingerprint density at radius 3 is 2.36 bits per heavy atom. The molecule has 0 amide bonds. The lowest BCUT2D eigenvalue weighted by Gasteiger charge is -2.29. The van der Waals surface area contributed by atoms with E-state index in [9.17, 15) is 18.5 Å². The second-order valence-electron chi connectivity index (χ2n) is 6.44. The molecular formula is C20H16N2O5S. The average molecular weight is 396 g/mol. The van der Waals surface area contributed by atoms with Gasteiger partial charge in [-0.05, 0) is 30.7 Å². The summed E-state index contributed by atoms with van der Waals surface area (Å²) in [7, 11) is -3.93. The Hall–Kier alpha value is -3.23. The van der Waals surface area contributed by atoms with Crippen LogP contribution in [0.5, 0.6) is 11.5 Å². The predicted octanol–water partition coefficient (Wildman–Crippen LogP) is 4.08. The number of fused-ring (bicyclic) bond motifs is 2. The van der Waals surface area contributed by atoms with Gasteiger partial charge in [0, 0.05) is 23.3 Å². The quantitative estimate of drug-likeness (QED) is 0.529. The lowest BCUT2D eigenvalue weighted by molar-refractivity contribution is -0.384. The molecule has 28 heavy (non-hydrogen) atoms. The maximum Gasteiger partial charge on any atom is 0.269 e. The number of non-ortho nitro benzene ring substituents is 1. The largest absolute Gasteiger partial charge is 0.456 e. The second kappa shape index (κ2) is 6.74. The standard InChI is InChI=1S/C20H16N2O5S/c1-13-5-4-7-17-19(16-6-2-3-8-18(16)27-20(13)17)21-28(25,26)15-11-9-14(10-12-15)22(23)24/h2-12,19,21H,1H3/t19-/m1/s1. The Bertz CT molecular complexity index is 1170. The lowest BCUT2D eigenvalue weighted by atomic mass is 9.94. The summed E-state index contributed by atoms with van der Waals surface area (Å²) in [6.07, 6.45) is 0. The zero-order chi connectivity index (χ0) is 19.9. The highest BCUT2D eigenvalue weighted by molar-refractivity contribution is 7.89. The van der Waals surface area contributed by atoms with Crippen molar-refractivity contribution in [3.63, 3.8) is 0 Å². The highest BCUT2D eigenvalue weighted by atomic mass is 32.2. The normalized spacial score (nSPS) is 15.2. The van der Waals surface area contributed by atoms with E-state index in [0.29, 0.717) is 22.6 Å². The van der Waals surface area contributed by atoms with Crippen molar-refractivity contribution in [3.05, 3.63) is 93.5 Å². The molecule has 1 N–H and O–H groups in total. The van der Waals surface area contributed by atoms with Gasteiger partial charge in [-0.25, -0.2) is 8.42 Å². The number of benzene rings is 3. The number of sulfonamides is 1. The van der Waals surface area contributed by atoms with Crippen LogP contribution in [0.25, 0.3) is 0 Å². The van der Waals surface area contributed by atoms with Crippen LogP contribution < -0.4 is 9.46 Å². The number of aryl methyl sites for hydroxylation is 1. The third-order valence-electron chi connectivity index (χ3n) is 4.63. The highest BCUT2D eigenvalue weighted by Crippen LogP contribution is 2.44. The van der Waals surface area contributed by atoms with Crippen LogP contribution >= 0.6 is 0 Å². The third-order valence-corrected chi connectivity index (χ3v) is 6.07. The zero-order valence-electron chi connectivity index (χ0n) is 14.8. The fourth-order valence-electron chi connectivity index (χ4n) is 3.23. The fraction of sp³-hybridized carbons (Fsp3) is 0.100. The molecule has 0 aliphatic carbocycles. The molecule has 4 rings (SSSR count). The first-order chi connectivity index (χ1) is 13.4. The maximum atomic E-state index is 13.0. The van der Waals surface area contributed by atoms with Crippen molar-refractivity contribution >= 4 is 15.7 Å². The number of rotatable bonds is 4. The number of nitrogens with one attached hydrogen (secondary N) is 1. The van der Waals surface area contributed by atoms with Gasteiger partial charge >= 0.3 is 0 Å². The Labute approximate surface area is 161 Å². The minimum atomic E-state index is -3.93. The summed E-state index contributed by atoms with van der Waals surface area (Å²) in [5.74, 6) is 1.21. The number of para-hydroxylation sites is 2. The first kappa shape index (κ1) is 18.1. The molecule has 1 aliphatic rings. The van der Waals surface area contributed by atoms with Crippen molar-refractivity contribution in [2.45, 2.75) is 17.9 Å². The fourth-order valence-corrected chi connectivity index (χ4v) is 4.42. The minimum absolute atomic E-state index is 0.0451. The summed E-state index contributed by atoms with van der Waals surface area (Å²) in [5.41, 5.74) is 2.14. The van der Waals surface area contributed by atoms with Gasteiger partial charge in [0.15, 0.2) is 0 Å². The number of nitro groups is 1. The molecule has 1 heterocycles. The van der Waals surface area contributed by atoms with Crippen LogP contribution in [0, 0.1) is 17.0 Å². The van der Waals surface area contributed by atoms with Gasteiger partial charge in [0.2, 0.25) is 10.0 Å². The minimum Gasteiger partial charge on any atom is -0.456 e. The molecular weight excluding hydrogens is 380 g/mol. The van der Waals surface area contributed by atoms with E-state index in [0.717, 1.165) is 5.56 Å². The van der Waals surface area contributed by atoms with Crippen LogP contribution in [-0.4, -0.2) is 13.3 Å². The van der Waals surface area contributed by atoms with E-state index >= 15 is 0 Å². The van der Waals surface area contributed by atoms with Gasteiger partial charge in [0.1, 0.15) is 11.5 Å².